The van der Waals surface area contributed by atoms with Gasteiger partial charge < -0.3 is 5.73 Å². The number of ketones is 1. The van der Waals surface area contributed by atoms with E-state index in [1.54, 1.807) is 0 Å². The minimum absolute atomic E-state index is 0.144. The molecule has 0 aliphatic rings. The van der Waals surface area contributed by atoms with E-state index in [-0.39, 0.29) is 5.33 Å². The smallest absolute Gasteiger partial charge is 0.293 e. The van der Waals surface area contributed by atoms with Gasteiger partial charge in [-0.3, -0.25) is 14.9 Å². The summed E-state index contributed by atoms with van der Waals surface area (Å²) in [5, 5.41) is 10.3. The number of nitro groups is 1. The third-order valence-corrected chi connectivity index (χ3v) is 2.28. The van der Waals surface area contributed by atoms with E-state index in [4.69, 9.17) is 5.73 Å². The molecule has 0 fully saturated rings. The number of nitrogens with zero attached hydrogens (tertiary/aromatic N) is 1. The second-order valence-electron chi connectivity index (χ2n) is 2.67. The van der Waals surface area contributed by atoms with Crippen LogP contribution in [0.5, 0.6) is 0 Å². The van der Waals surface area contributed by atoms with E-state index in [0.29, 0.717) is 0 Å². The summed E-state index contributed by atoms with van der Waals surface area (Å²) in [6.07, 6.45) is 0. The van der Waals surface area contributed by atoms with E-state index in [9.17, 15) is 19.3 Å². The molecule has 0 spiro atoms. The van der Waals surface area contributed by atoms with Gasteiger partial charge in [0.25, 0.3) is 5.69 Å². The number of nitrogen functional groups attached to an aromatic ring is 1. The van der Waals surface area contributed by atoms with Crippen LogP contribution in [0, 0.1) is 15.9 Å². The maximum atomic E-state index is 13.2. The fraction of sp³-hybridized carbons (Fsp3) is 0.125. The first-order valence-corrected chi connectivity index (χ1v) is 4.92. The molecule has 1 aromatic carbocycles. The van der Waals surface area contributed by atoms with Crippen molar-refractivity contribution in [2.75, 3.05) is 11.1 Å². The molecule has 0 radical (unpaired) electrons. The van der Waals surface area contributed by atoms with Gasteiger partial charge in [-0.1, -0.05) is 15.9 Å². The third kappa shape index (κ3) is 2.12. The first-order chi connectivity index (χ1) is 6.99. The van der Waals surface area contributed by atoms with Crippen molar-refractivity contribution >= 4 is 33.1 Å². The van der Waals surface area contributed by atoms with E-state index in [1.807, 2.05) is 0 Å². The number of anilines is 1. The number of Topliss-reactive ketones (excluding diaryl/α,β-unsaturated/α-hetero) is 1. The Morgan fingerprint density at radius 2 is 2.20 bits per heavy atom. The Hall–Kier alpha value is -1.50. The average molecular weight is 277 g/mol. The molecule has 0 saturated carbocycles. The number of nitrogens with two attached hydrogens (primary N) is 1. The lowest BCUT2D eigenvalue weighted by molar-refractivity contribution is -0.384. The first kappa shape index (κ1) is 11.6. The van der Waals surface area contributed by atoms with Crippen LogP contribution in [0.15, 0.2) is 12.1 Å². The highest BCUT2D eigenvalue weighted by Crippen LogP contribution is 2.27. The van der Waals surface area contributed by atoms with Gasteiger partial charge in [0.15, 0.2) is 5.78 Å². The molecule has 2 N–H and O–H groups in total. The summed E-state index contributed by atoms with van der Waals surface area (Å²) in [6.45, 7) is 0. The molecule has 0 aliphatic carbocycles. The number of benzene rings is 1. The van der Waals surface area contributed by atoms with Gasteiger partial charge in [0.05, 0.1) is 15.8 Å². The van der Waals surface area contributed by atoms with Crippen LogP contribution in [0.2, 0.25) is 0 Å². The zero-order chi connectivity index (χ0) is 11.6. The summed E-state index contributed by atoms with van der Waals surface area (Å²) in [4.78, 5) is 21.0. The molecular formula is C8H6BrFN2O3. The summed E-state index contributed by atoms with van der Waals surface area (Å²) in [6, 6.07) is 1.78. The van der Waals surface area contributed by atoms with Crippen LogP contribution in [-0.4, -0.2) is 16.0 Å². The highest BCUT2D eigenvalue weighted by atomic mass is 79.9. The topological polar surface area (TPSA) is 86.2 Å². The van der Waals surface area contributed by atoms with Crippen LogP contribution < -0.4 is 5.73 Å². The van der Waals surface area contributed by atoms with Crippen LogP contribution in [0.25, 0.3) is 0 Å². The number of alkyl halides is 1. The molecule has 0 aliphatic heterocycles. The van der Waals surface area contributed by atoms with Crippen molar-refractivity contribution in [2.24, 2.45) is 0 Å². The molecule has 0 bridgehead atoms. The second kappa shape index (κ2) is 4.35. The molecule has 0 amide bonds. The number of hydrogen-bond donors (Lipinski definition) is 1. The number of halogens is 2. The summed E-state index contributed by atoms with van der Waals surface area (Å²) in [5.41, 5.74) is 3.98. The first-order valence-electron chi connectivity index (χ1n) is 3.80. The summed E-state index contributed by atoms with van der Waals surface area (Å²) >= 11 is 2.84. The van der Waals surface area contributed by atoms with Crippen molar-refractivity contribution in [1.82, 2.24) is 0 Å². The number of nitro benzene ring substituents is 1. The SMILES string of the molecule is Nc1c([N+](=O)[O-])ccc(F)c1C(=O)CBr. The number of hydrogen-bond acceptors (Lipinski definition) is 4. The number of carbonyl (C=O) groups is 1. The summed E-state index contributed by atoms with van der Waals surface area (Å²) < 4.78 is 13.2. The second-order valence-corrected chi connectivity index (χ2v) is 3.23. The Balaban J connectivity index is 3.43. The van der Waals surface area contributed by atoms with Gasteiger partial charge in [-0.15, -0.1) is 0 Å². The zero-order valence-corrected chi connectivity index (χ0v) is 8.95. The van der Waals surface area contributed by atoms with E-state index >= 15 is 0 Å². The van der Waals surface area contributed by atoms with Crippen LogP contribution >= 0.6 is 15.9 Å². The lowest BCUT2D eigenvalue weighted by Gasteiger charge is -2.04. The fourth-order valence-corrected chi connectivity index (χ4v) is 1.37. The van der Waals surface area contributed by atoms with E-state index < -0.39 is 33.5 Å². The van der Waals surface area contributed by atoms with Crippen LogP contribution in [0.3, 0.4) is 0 Å². The lowest BCUT2D eigenvalue weighted by Crippen LogP contribution is -2.10. The molecule has 0 aromatic heterocycles. The van der Waals surface area contributed by atoms with Crippen LogP contribution in [-0.2, 0) is 0 Å². The average Bonchev–Trinajstić information content (AvgIpc) is 2.16. The normalized spacial score (nSPS) is 10.0. The summed E-state index contributed by atoms with van der Waals surface area (Å²) in [7, 11) is 0. The molecule has 80 valence electrons. The molecule has 5 nitrogen and oxygen atoms in total. The quantitative estimate of drug-likeness (QED) is 0.300. The predicted octanol–water partition coefficient (Wildman–Crippen LogP) is 1.89. The number of rotatable bonds is 3. The van der Waals surface area contributed by atoms with Gasteiger partial charge in [0.2, 0.25) is 0 Å². The van der Waals surface area contributed by atoms with Gasteiger partial charge in [-0.2, -0.15) is 0 Å². The highest BCUT2D eigenvalue weighted by molar-refractivity contribution is 9.09. The van der Waals surface area contributed by atoms with Gasteiger partial charge in [0.1, 0.15) is 11.5 Å². The zero-order valence-electron chi connectivity index (χ0n) is 7.37. The lowest BCUT2D eigenvalue weighted by atomic mass is 10.1. The van der Waals surface area contributed by atoms with Crippen molar-refractivity contribution < 1.29 is 14.1 Å². The maximum absolute atomic E-state index is 13.2. The Morgan fingerprint density at radius 1 is 1.60 bits per heavy atom. The Kier molecular flexibility index (Phi) is 3.35. The molecule has 15 heavy (non-hydrogen) atoms. The Bertz CT molecular complexity index is 436. The van der Waals surface area contributed by atoms with E-state index in [0.717, 1.165) is 12.1 Å². The van der Waals surface area contributed by atoms with Crippen molar-refractivity contribution in [3.8, 4) is 0 Å². The highest BCUT2D eigenvalue weighted by Gasteiger charge is 2.22. The van der Waals surface area contributed by atoms with Gasteiger partial charge >= 0.3 is 0 Å². The van der Waals surface area contributed by atoms with Crippen LogP contribution in [0.4, 0.5) is 15.8 Å². The minimum Gasteiger partial charge on any atom is -0.392 e. The van der Waals surface area contributed by atoms with Crippen molar-refractivity contribution in [3.05, 3.63) is 33.6 Å². The predicted molar refractivity (Wildman–Crippen MR) is 55.6 cm³/mol. The Labute approximate surface area is 92.3 Å². The molecule has 0 atom stereocenters. The summed E-state index contributed by atoms with van der Waals surface area (Å²) in [5.74, 6) is -1.49. The van der Waals surface area contributed by atoms with Crippen molar-refractivity contribution in [3.63, 3.8) is 0 Å². The minimum atomic E-state index is -0.859. The van der Waals surface area contributed by atoms with E-state index in [2.05, 4.69) is 15.9 Å². The third-order valence-electron chi connectivity index (χ3n) is 1.77. The molecule has 1 rings (SSSR count). The van der Waals surface area contributed by atoms with E-state index in [1.165, 1.54) is 0 Å². The number of carbonyl (C=O) groups excluding carboxylic acids is 1. The fourth-order valence-electron chi connectivity index (χ4n) is 1.09. The monoisotopic (exact) mass is 276 g/mol. The molecular weight excluding hydrogens is 271 g/mol. The van der Waals surface area contributed by atoms with Crippen LogP contribution in [0.1, 0.15) is 10.4 Å². The standard InChI is InChI=1S/C8H6BrFN2O3/c9-3-6(13)7-4(10)1-2-5(8(7)11)12(14)15/h1-2H,3,11H2. The maximum Gasteiger partial charge on any atom is 0.293 e. The molecule has 0 unspecified atom stereocenters. The van der Waals surface area contributed by atoms with Gasteiger partial charge in [-0.05, 0) is 6.07 Å². The van der Waals surface area contributed by atoms with Gasteiger partial charge in [-0.25, -0.2) is 4.39 Å². The molecule has 0 saturated heterocycles. The molecule has 7 heteroatoms. The molecule has 0 heterocycles. The molecule has 1 aromatic rings. The largest absolute Gasteiger partial charge is 0.392 e. The van der Waals surface area contributed by atoms with Crippen molar-refractivity contribution in [2.45, 2.75) is 0 Å². The van der Waals surface area contributed by atoms with Crippen molar-refractivity contribution in [1.29, 1.82) is 0 Å². The Morgan fingerprint density at radius 3 is 2.67 bits per heavy atom. The van der Waals surface area contributed by atoms with Gasteiger partial charge in [0, 0.05) is 6.07 Å².